The van der Waals surface area contributed by atoms with Crippen molar-refractivity contribution < 1.29 is 19.1 Å². The molecule has 0 radical (unpaired) electrons. The van der Waals surface area contributed by atoms with Gasteiger partial charge >= 0.3 is 0 Å². The van der Waals surface area contributed by atoms with Gasteiger partial charge in [0.2, 0.25) is 11.8 Å². The van der Waals surface area contributed by atoms with Crippen molar-refractivity contribution in [2.75, 3.05) is 13.1 Å². The molecule has 3 amide bonds. The minimum absolute atomic E-state index is 0.0106. The summed E-state index contributed by atoms with van der Waals surface area (Å²) in [6, 6.07) is 7.07. The second kappa shape index (κ2) is 6.63. The topological polar surface area (TPSA) is 87.7 Å². The normalized spacial score (nSPS) is 23.0. The first kappa shape index (κ1) is 18.2. The van der Waals surface area contributed by atoms with E-state index in [1.165, 1.54) is 4.90 Å². The summed E-state index contributed by atoms with van der Waals surface area (Å²) >= 11 is 0. The Morgan fingerprint density at radius 1 is 1.27 bits per heavy atom. The molecule has 2 aliphatic rings. The van der Waals surface area contributed by atoms with E-state index in [-0.39, 0.29) is 36.2 Å². The first-order valence-electron chi connectivity index (χ1n) is 8.87. The molecule has 1 spiro atoms. The Morgan fingerprint density at radius 3 is 2.73 bits per heavy atom. The van der Waals surface area contributed by atoms with E-state index in [9.17, 15) is 14.4 Å². The quantitative estimate of drug-likeness (QED) is 0.836. The molecule has 0 bridgehead atoms. The largest absolute Gasteiger partial charge is 0.467 e. The van der Waals surface area contributed by atoms with Crippen LogP contribution < -0.4 is 15.4 Å². The number of amides is 3. The molecule has 2 aliphatic heterocycles. The van der Waals surface area contributed by atoms with Crippen molar-refractivity contribution in [1.82, 2.24) is 15.5 Å². The monoisotopic (exact) mass is 359 g/mol. The zero-order chi connectivity index (χ0) is 18.9. The lowest BCUT2D eigenvalue weighted by molar-refractivity contribution is -0.136. The van der Waals surface area contributed by atoms with Gasteiger partial charge in [-0.05, 0) is 32.9 Å². The third-order valence-corrected chi connectivity index (χ3v) is 4.51. The molecule has 0 aromatic heterocycles. The SMILES string of the molecule is CC(C)(C)NC(=O)CN1CC[C@]2(CCC1=O)NC(=O)c1ccccc1O2. The second-order valence-corrected chi connectivity index (χ2v) is 7.91. The molecule has 1 aromatic carbocycles. The van der Waals surface area contributed by atoms with E-state index in [4.69, 9.17) is 4.74 Å². The van der Waals surface area contributed by atoms with Gasteiger partial charge in [-0.15, -0.1) is 0 Å². The molecule has 3 rings (SSSR count). The summed E-state index contributed by atoms with van der Waals surface area (Å²) in [5, 5.41) is 5.78. The average molecular weight is 359 g/mol. The number of hydrogen-bond acceptors (Lipinski definition) is 4. The highest BCUT2D eigenvalue weighted by molar-refractivity contribution is 5.98. The van der Waals surface area contributed by atoms with Crippen LogP contribution in [0, 0.1) is 0 Å². The number of fused-ring (bicyclic) bond motifs is 1. The smallest absolute Gasteiger partial charge is 0.258 e. The van der Waals surface area contributed by atoms with Gasteiger partial charge < -0.3 is 20.3 Å². The van der Waals surface area contributed by atoms with Crippen LogP contribution in [0.25, 0.3) is 0 Å². The molecule has 0 aliphatic carbocycles. The molecule has 1 saturated heterocycles. The average Bonchev–Trinajstić information content (AvgIpc) is 2.67. The van der Waals surface area contributed by atoms with E-state index in [1.807, 2.05) is 26.8 Å². The Hall–Kier alpha value is -2.57. The predicted molar refractivity (Wildman–Crippen MR) is 95.6 cm³/mol. The standard InChI is InChI=1S/C19H25N3O4/c1-18(2,3)20-15(23)12-22-11-10-19(9-8-16(22)24)21-17(25)13-6-4-5-7-14(13)26-19/h4-7H,8-12H2,1-3H3,(H,20,23)(H,21,25)/t19-/m1/s1. The lowest BCUT2D eigenvalue weighted by Gasteiger charge is -2.38. The number of carbonyl (C=O) groups is 3. The summed E-state index contributed by atoms with van der Waals surface area (Å²) in [5.41, 5.74) is -0.761. The summed E-state index contributed by atoms with van der Waals surface area (Å²) in [7, 11) is 0. The van der Waals surface area contributed by atoms with Gasteiger partial charge in [-0.2, -0.15) is 0 Å². The molecule has 0 unspecified atom stereocenters. The van der Waals surface area contributed by atoms with Crippen LogP contribution in [0.1, 0.15) is 50.4 Å². The summed E-state index contributed by atoms with van der Waals surface area (Å²) in [4.78, 5) is 38.6. The van der Waals surface area contributed by atoms with Crippen LogP contribution in [0.2, 0.25) is 0 Å². The van der Waals surface area contributed by atoms with Gasteiger partial charge in [0.05, 0.1) is 12.1 Å². The zero-order valence-corrected chi connectivity index (χ0v) is 15.4. The maximum atomic E-state index is 12.4. The van der Waals surface area contributed by atoms with Crippen molar-refractivity contribution in [1.29, 1.82) is 0 Å². The number of nitrogens with zero attached hydrogens (tertiary/aromatic N) is 1. The van der Waals surface area contributed by atoms with Crippen molar-refractivity contribution in [3.05, 3.63) is 29.8 Å². The lowest BCUT2D eigenvalue weighted by Crippen LogP contribution is -2.56. The van der Waals surface area contributed by atoms with E-state index >= 15 is 0 Å². The van der Waals surface area contributed by atoms with Gasteiger partial charge in [-0.1, -0.05) is 12.1 Å². The minimum atomic E-state index is -0.906. The molecule has 7 nitrogen and oxygen atoms in total. The van der Waals surface area contributed by atoms with E-state index in [0.29, 0.717) is 30.7 Å². The molecule has 2 N–H and O–H groups in total. The van der Waals surface area contributed by atoms with Gasteiger partial charge in [0, 0.05) is 31.3 Å². The molecule has 2 heterocycles. The van der Waals surface area contributed by atoms with Crippen molar-refractivity contribution in [2.45, 2.75) is 51.3 Å². The zero-order valence-electron chi connectivity index (χ0n) is 15.4. The van der Waals surface area contributed by atoms with Crippen LogP contribution in [0.5, 0.6) is 5.75 Å². The summed E-state index contributed by atoms with van der Waals surface area (Å²) in [5.74, 6) is 0.0317. The number of rotatable bonds is 2. The first-order valence-corrected chi connectivity index (χ1v) is 8.87. The van der Waals surface area contributed by atoms with Gasteiger partial charge in [0.15, 0.2) is 5.72 Å². The Kier molecular flexibility index (Phi) is 4.64. The second-order valence-electron chi connectivity index (χ2n) is 7.91. The fourth-order valence-electron chi connectivity index (χ4n) is 3.31. The van der Waals surface area contributed by atoms with Crippen LogP contribution in [-0.4, -0.2) is 47.0 Å². The number of nitrogens with one attached hydrogen (secondary N) is 2. The molecule has 1 atom stereocenters. The van der Waals surface area contributed by atoms with E-state index < -0.39 is 5.72 Å². The highest BCUT2D eigenvalue weighted by Gasteiger charge is 2.42. The van der Waals surface area contributed by atoms with Crippen LogP contribution in [0.15, 0.2) is 24.3 Å². The first-order chi connectivity index (χ1) is 12.2. The fourth-order valence-corrected chi connectivity index (χ4v) is 3.31. The van der Waals surface area contributed by atoms with Crippen LogP contribution >= 0.6 is 0 Å². The third-order valence-electron chi connectivity index (χ3n) is 4.51. The maximum absolute atomic E-state index is 12.4. The maximum Gasteiger partial charge on any atom is 0.258 e. The molecule has 140 valence electrons. The van der Waals surface area contributed by atoms with Gasteiger partial charge in [-0.3, -0.25) is 14.4 Å². The van der Waals surface area contributed by atoms with Gasteiger partial charge in [0.25, 0.3) is 5.91 Å². The van der Waals surface area contributed by atoms with Crippen LogP contribution in [0.4, 0.5) is 0 Å². The number of likely N-dealkylation sites (tertiary alicyclic amines) is 1. The molecule has 26 heavy (non-hydrogen) atoms. The minimum Gasteiger partial charge on any atom is -0.467 e. The summed E-state index contributed by atoms with van der Waals surface area (Å²) in [6.45, 7) is 6.04. The van der Waals surface area contributed by atoms with E-state index in [2.05, 4.69) is 10.6 Å². The molecule has 1 fully saturated rings. The Morgan fingerprint density at radius 2 is 2.00 bits per heavy atom. The molecular weight excluding hydrogens is 334 g/mol. The molecule has 7 heteroatoms. The van der Waals surface area contributed by atoms with E-state index in [0.717, 1.165) is 0 Å². The number of carbonyl (C=O) groups excluding carboxylic acids is 3. The van der Waals surface area contributed by atoms with E-state index in [1.54, 1.807) is 18.2 Å². The molecule has 0 saturated carbocycles. The third kappa shape index (κ3) is 3.98. The fraction of sp³-hybridized carbons (Fsp3) is 0.526. The Labute approximate surface area is 153 Å². The van der Waals surface area contributed by atoms with Crippen LogP contribution in [-0.2, 0) is 9.59 Å². The van der Waals surface area contributed by atoms with Crippen molar-refractivity contribution in [3.63, 3.8) is 0 Å². The van der Waals surface area contributed by atoms with Crippen molar-refractivity contribution >= 4 is 17.7 Å². The van der Waals surface area contributed by atoms with Crippen molar-refractivity contribution in [2.24, 2.45) is 0 Å². The van der Waals surface area contributed by atoms with Gasteiger partial charge in [-0.25, -0.2) is 0 Å². The molecule has 1 aromatic rings. The van der Waals surface area contributed by atoms with Crippen molar-refractivity contribution in [3.8, 4) is 5.75 Å². The number of benzene rings is 1. The number of ether oxygens (including phenoxy) is 1. The lowest BCUT2D eigenvalue weighted by atomic mass is 10.0. The number of hydrogen-bond donors (Lipinski definition) is 2. The summed E-state index contributed by atoms with van der Waals surface area (Å²) in [6.07, 6.45) is 1.02. The van der Waals surface area contributed by atoms with Crippen LogP contribution in [0.3, 0.4) is 0 Å². The Balaban J connectivity index is 1.71. The Bertz CT molecular complexity index is 741. The highest BCUT2D eigenvalue weighted by Crippen LogP contribution is 2.33. The summed E-state index contributed by atoms with van der Waals surface area (Å²) < 4.78 is 6.08. The van der Waals surface area contributed by atoms with Gasteiger partial charge in [0.1, 0.15) is 5.75 Å². The predicted octanol–water partition coefficient (Wildman–Crippen LogP) is 1.43. The highest BCUT2D eigenvalue weighted by atomic mass is 16.5. The number of para-hydroxylation sites is 1. The molecular formula is C19H25N3O4.